The smallest absolute Gasteiger partial charge is 0.251 e. The molecule has 4 aromatic rings. The van der Waals surface area contributed by atoms with Crippen LogP contribution in [0.2, 0.25) is 0 Å². The molecule has 0 bridgehead atoms. The average Bonchev–Trinajstić information content (AvgIpc) is 3.25. The normalized spacial score (nSPS) is 14.5. The zero-order valence-corrected chi connectivity index (χ0v) is 22.4. The molecule has 0 radical (unpaired) electrons. The topological polar surface area (TPSA) is 50.4 Å². The van der Waals surface area contributed by atoms with Crippen molar-refractivity contribution in [3.8, 4) is 16.9 Å². The minimum atomic E-state index is -0.0844. The molecular weight excluding hydrogens is 480 g/mol. The summed E-state index contributed by atoms with van der Waals surface area (Å²) in [4.78, 5) is 13.2. The molecule has 0 spiro atoms. The predicted octanol–water partition coefficient (Wildman–Crippen LogP) is 6.97. The van der Waals surface area contributed by atoms with Gasteiger partial charge in [-0.1, -0.05) is 72.3 Å². The Bertz CT molecular complexity index is 1480. The number of carbonyl (C=O) groups excluding carboxylic acids is 1. The molecular formula is C35H34N2O2. The van der Waals surface area contributed by atoms with Crippen LogP contribution in [0.3, 0.4) is 0 Å². The van der Waals surface area contributed by atoms with Gasteiger partial charge in [-0.25, -0.2) is 0 Å². The summed E-state index contributed by atoms with van der Waals surface area (Å²) in [5.41, 5.74) is 10.1. The first-order valence-corrected chi connectivity index (χ1v) is 13.8. The van der Waals surface area contributed by atoms with E-state index in [0.717, 1.165) is 59.6 Å². The van der Waals surface area contributed by atoms with Crippen LogP contribution in [0, 0.1) is 12.8 Å². The van der Waals surface area contributed by atoms with E-state index in [-0.39, 0.29) is 5.91 Å². The molecule has 0 fully saturated rings. The molecule has 0 saturated carbocycles. The molecule has 4 aromatic carbocycles. The van der Waals surface area contributed by atoms with Gasteiger partial charge in [-0.05, 0) is 90.4 Å². The SMILES string of the molecule is Cc1ccc(-c2ccc3c(c2)C=C(C(=O)Nc2ccc(CNCC4Cc5ccccc5C4)cc2)CCO3)cc1. The van der Waals surface area contributed by atoms with Crippen LogP contribution in [0.25, 0.3) is 17.2 Å². The van der Waals surface area contributed by atoms with Crippen LogP contribution in [-0.2, 0) is 24.2 Å². The number of carbonyl (C=O) groups is 1. The number of fused-ring (bicyclic) bond motifs is 2. The van der Waals surface area contributed by atoms with Crippen molar-refractivity contribution >= 4 is 17.7 Å². The van der Waals surface area contributed by atoms with Crippen LogP contribution in [0.5, 0.6) is 5.75 Å². The molecule has 0 unspecified atom stereocenters. The van der Waals surface area contributed by atoms with Gasteiger partial charge in [-0.2, -0.15) is 0 Å². The second-order valence-electron chi connectivity index (χ2n) is 10.7. The van der Waals surface area contributed by atoms with Gasteiger partial charge < -0.3 is 15.4 Å². The van der Waals surface area contributed by atoms with E-state index in [2.05, 4.69) is 90.4 Å². The van der Waals surface area contributed by atoms with Crippen LogP contribution in [0.15, 0.2) is 96.6 Å². The van der Waals surface area contributed by atoms with E-state index < -0.39 is 0 Å². The van der Waals surface area contributed by atoms with Crippen LogP contribution >= 0.6 is 0 Å². The lowest BCUT2D eigenvalue weighted by Crippen LogP contribution is -2.22. The number of anilines is 1. The fourth-order valence-corrected chi connectivity index (χ4v) is 5.56. The second-order valence-corrected chi connectivity index (χ2v) is 10.7. The summed E-state index contributed by atoms with van der Waals surface area (Å²) in [5, 5.41) is 6.69. The molecule has 39 heavy (non-hydrogen) atoms. The lowest BCUT2D eigenvalue weighted by Gasteiger charge is -2.12. The van der Waals surface area contributed by atoms with E-state index in [0.29, 0.717) is 18.9 Å². The van der Waals surface area contributed by atoms with Gasteiger partial charge in [0.25, 0.3) is 5.91 Å². The number of amides is 1. The minimum Gasteiger partial charge on any atom is -0.493 e. The molecule has 1 amide bonds. The van der Waals surface area contributed by atoms with Gasteiger partial charge in [0.2, 0.25) is 0 Å². The first-order valence-electron chi connectivity index (χ1n) is 13.8. The number of hydrogen-bond acceptors (Lipinski definition) is 3. The summed E-state index contributed by atoms with van der Waals surface area (Å²) in [7, 11) is 0. The Morgan fingerprint density at radius 1 is 0.872 bits per heavy atom. The van der Waals surface area contributed by atoms with E-state index >= 15 is 0 Å². The molecule has 0 aromatic heterocycles. The molecule has 1 aliphatic heterocycles. The van der Waals surface area contributed by atoms with Crippen molar-refractivity contribution in [3.05, 3.63) is 124 Å². The highest BCUT2D eigenvalue weighted by atomic mass is 16.5. The van der Waals surface area contributed by atoms with Crippen molar-refractivity contribution in [2.24, 2.45) is 5.92 Å². The zero-order valence-electron chi connectivity index (χ0n) is 22.4. The van der Waals surface area contributed by atoms with Gasteiger partial charge in [-0.15, -0.1) is 0 Å². The Kier molecular flexibility index (Phi) is 7.29. The number of ether oxygens (including phenoxy) is 1. The van der Waals surface area contributed by atoms with E-state index in [1.807, 2.05) is 24.3 Å². The second kappa shape index (κ2) is 11.3. The highest BCUT2D eigenvalue weighted by Gasteiger charge is 2.20. The molecule has 2 N–H and O–H groups in total. The van der Waals surface area contributed by atoms with Crippen molar-refractivity contribution in [1.82, 2.24) is 5.32 Å². The zero-order chi connectivity index (χ0) is 26.6. The third-order valence-corrected chi connectivity index (χ3v) is 7.75. The van der Waals surface area contributed by atoms with Crippen molar-refractivity contribution < 1.29 is 9.53 Å². The molecule has 196 valence electrons. The summed E-state index contributed by atoms with van der Waals surface area (Å²) in [5.74, 6) is 1.39. The van der Waals surface area contributed by atoms with E-state index in [1.54, 1.807) is 0 Å². The summed E-state index contributed by atoms with van der Waals surface area (Å²) < 4.78 is 5.96. The van der Waals surface area contributed by atoms with Gasteiger partial charge in [0.15, 0.2) is 0 Å². The largest absolute Gasteiger partial charge is 0.493 e. The van der Waals surface area contributed by atoms with Crippen molar-refractivity contribution in [1.29, 1.82) is 0 Å². The van der Waals surface area contributed by atoms with Crippen molar-refractivity contribution in [2.45, 2.75) is 32.7 Å². The van der Waals surface area contributed by atoms with Crippen LogP contribution in [0.4, 0.5) is 5.69 Å². The Balaban J connectivity index is 1.06. The molecule has 2 aliphatic rings. The first kappa shape index (κ1) is 25.1. The minimum absolute atomic E-state index is 0.0844. The van der Waals surface area contributed by atoms with Gasteiger partial charge >= 0.3 is 0 Å². The van der Waals surface area contributed by atoms with Crippen LogP contribution in [0.1, 0.15) is 34.2 Å². The molecule has 4 heteroatoms. The third kappa shape index (κ3) is 5.97. The van der Waals surface area contributed by atoms with Crippen LogP contribution in [-0.4, -0.2) is 19.1 Å². The molecule has 1 aliphatic carbocycles. The maximum atomic E-state index is 13.2. The van der Waals surface area contributed by atoms with Crippen LogP contribution < -0.4 is 15.4 Å². The fraction of sp³-hybridized carbons (Fsp3) is 0.229. The summed E-state index contributed by atoms with van der Waals surface area (Å²) in [6, 6.07) is 31.6. The Labute approximate surface area is 230 Å². The van der Waals surface area contributed by atoms with Crippen molar-refractivity contribution in [3.63, 3.8) is 0 Å². The number of rotatable bonds is 7. The van der Waals surface area contributed by atoms with Gasteiger partial charge in [0.05, 0.1) is 6.61 Å². The Morgan fingerprint density at radius 2 is 1.59 bits per heavy atom. The van der Waals surface area contributed by atoms with E-state index in [1.165, 1.54) is 22.3 Å². The maximum Gasteiger partial charge on any atom is 0.251 e. The highest BCUT2D eigenvalue weighted by molar-refractivity contribution is 6.07. The quantitative estimate of drug-likeness (QED) is 0.280. The highest BCUT2D eigenvalue weighted by Crippen LogP contribution is 2.31. The molecule has 0 saturated heterocycles. The number of hydrogen-bond donors (Lipinski definition) is 2. The summed E-state index contributed by atoms with van der Waals surface area (Å²) in [6.07, 6.45) is 4.85. The number of benzene rings is 4. The van der Waals surface area contributed by atoms with Gasteiger partial charge in [0.1, 0.15) is 5.75 Å². The maximum absolute atomic E-state index is 13.2. The number of nitrogens with one attached hydrogen (secondary N) is 2. The van der Waals surface area contributed by atoms with Crippen molar-refractivity contribution in [2.75, 3.05) is 18.5 Å². The fourth-order valence-electron chi connectivity index (χ4n) is 5.56. The van der Waals surface area contributed by atoms with E-state index in [9.17, 15) is 4.79 Å². The predicted molar refractivity (Wildman–Crippen MR) is 159 cm³/mol. The average molecular weight is 515 g/mol. The Hall–Kier alpha value is -4.15. The molecule has 0 atom stereocenters. The molecule has 1 heterocycles. The van der Waals surface area contributed by atoms with Gasteiger partial charge in [-0.3, -0.25) is 4.79 Å². The number of aryl methyl sites for hydroxylation is 1. The molecule has 4 nitrogen and oxygen atoms in total. The lowest BCUT2D eigenvalue weighted by molar-refractivity contribution is -0.113. The summed E-state index contributed by atoms with van der Waals surface area (Å²) in [6.45, 7) is 4.40. The summed E-state index contributed by atoms with van der Waals surface area (Å²) >= 11 is 0. The Morgan fingerprint density at radius 3 is 2.33 bits per heavy atom. The first-order chi connectivity index (χ1) is 19.1. The van der Waals surface area contributed by atoms with Gasteiger partial charge in [0, 0.05) is 29.8 Å². The lowest BCUT2D eigenvalue weighted by atomic mass is 10.00. The standard InChI is InChI=1S/C35H34N2O2/c1-24-6-10-27(11-7-24)30-12-15-34-32(20-30)21-31(16-17-39-34)35(38)37-33-13-8-25(9-14-33)22-36-23-26-18-28-4-2-3-5-29(28)19-26/h2-15,20-21,26,36H,16-19,22-23H2,1H3,(H,37,38). The van der Waals surface area contributed by atoms with E-state index in [4.69, 9.17) is 4.74 Å². The third-order valence-electron chi connectivity index (χ3n) is 7.75. The molecule has 6 rings (SSSR count). The monoisotopic (exact) mass is 514 g/mol.